The van der Waals surface area contributed by atoms with E-state index in [2.05, 4.69) is 79.8 Å². The van der Waals surface area contributed by atoms with Crippen molar-refractivity contribution in [1.29, 1.82) is 0 Å². The molecule has 0 saturated heterocycles. The average Bonchev–Trinajstić information content (AvgIpc) is 2.58. The predicted molar refractivity (Wildman–Crippen MR) is 80.9 cm³/mol. The summed E-state index contributed by atoms with van der Waals surface area (Å²) in [6.07, 6.45) is 1.17. The minimum absolute atomic E-state index is 0.521. The third-order valence-corrected chi connectivity index (χ3v) is 5.49. The number of alkyl halides is 2. The quantitative estimate of drug-likeness (QED) is 0.582. The van der Waals surface area contributed by atoms with E-state index in [4.69, 9.17) is 0 Å². The molecule has 4 atom stereocenters. The summed E-state index contributed by atoms with van der Waals surface area (Å²) in [6.45, 7) is 4.51. The lowest BCUT2D eigenvalue weighted by Crippen LogP contribution is -2.21. The van der Waals surface area contributed by atoms with Crippen LogP contribution < -0.4 is 0 Å². The van der Waals surface area contributed by atoms with E-state index in [1.807, 2.05) is 0 Å². The zero-order valence-corrected chi connectivity index (χ0v) is 14.1. The van der Waals surface area contributed by atoms with Crippen molar-refractivity contribution in [2.45, 2.75) is 35.8 Å². The summed E-state index contributed by atoms with van der Waals surface area (Å²) in [4.78, 5) is 1.07. The van der Waals surface area contributed by atoms with Gasteiger partial charge in [0.05, 0.1) is 0 Å². The molecule has 0 nitrogen and oxygen atoms in total. The van der Waals surface area contributed by atoms with Crippen LogP contribution in [-0.4, -0.2) is 9.65 Å². The van der Waals surface area contributed by atoms with Gasteiger partial charge in [-0.2, -0.15) is 0 Å². The van der Waals surface area contributed by atoms with Crippen molar-refractivity contribution in [3.63, 3.8) is 0 Å². The van der Waals surface area contributed by atoms with Crippen LogP contribution in [-0.2, 0) is 6.42 Å². The van der Waals surface area contributed by atoms with E-state index in [9.17, 15) is 0 Å². The maximum absolute atomic E-state index is 3.77. The summed E-state index contributed by atoms with van der Waals surface area (Å²) in [5, 5.41) is 0. The van der Waals surface area contributed by atoms with Gasteiger partial charge in [0.25, 0.3) is 0 Å². The molecule has 88 valence electrons. The number of halogens is 3. The van der Waals surface area contributed by atoms with Gasteiger partial charge in [0.15, 0.2) is 0 Å². The van der Waals surface area contributed by atoms with Gasteiger partial charge in [-0.1, -0.05) is 73.8 Å². The molecule has 0 heterocycles. The van der Waals surface area contributed by atoms with Gasteiger partial charge in [-0.15, -0.1) is 0 Å². The molecular formula is C13H15Br3. The first-order valence-electron chi connectivity index (χ1n) is 5.57. The molecule has 0 amide bonds. The number of rotatable bonds is 2. The summed E-state index contributed by atoms with van der Waals surface area (Å²) in [7, 11) is 0. The lowest BCUT2D eigenvalue weighted by atomic mass is 9.88. The van der Waals surface area contributed by atoms with Crippen LogP contribution in [0.4, 0.5) is 0 Å². The van der Waals surface area contributed by atoms with Crippen molar-refractivity contribution < 1.29 is 0 Å². The number of hydrogen-bond acceptors (Lipinski definition) is 0. The van der Waals surface area contributed by atoms with E-state index in [1.165, 1.54) is 22.0 Å². The summed E-state index contributed by atoms with van der Waals surface area (Å²) in [5.41, 5.74) is 3.00. The van der Waals surface area contributed by atoms with Crippen LogP contribution in [0.1, 0.15) is 30.9 Å². The van der Waals surface area contributed by atoms with Crippen molar-refractivity contribution in [3.05, 3.63) is 33.8 Å². The van der Waals surface area contributed by atoms with Gasteiger partial charge in [-0.05, 0) is 29.5 Å². The molecular weight excluding hydrogens is 396 g/mol. The maximum Gasteiger partial charge on any atom is 0.0210 e. The van der Waals surface area contributed by atoms with Crippen LogP contribution in [0.25, 0.3) is 0 Å². The van der Waals surface area contributed by atoms with Crippen LogP contribution in [0.2, 0.25) is 0 Å². The smallest absolute Gasteiger partial charge is 0.0210 e. The molecule has 2 rings (SSSR count). The third kappa shape index (κ3) is 2.28. The molecule has 0 N–H and O–H groups in total. The van der Waals surface area contributed by atoms with Crippen LogP contribution in [0.3, 0.4) is 0 Å². The first-order valence-corrected chi connectivity index (χ1v) is 8.20. The zero-order chi connectivity index (χ0) is 11.9. The Labute approximate surface area is 123 Å². The molecule has 1 aliphatic carbocycles. The fourth-order valence-corrected chi connectivity index (χ4v) is 4.47. The normalized spacial score (nSPS) is 27.6. The fraction of sp³-hybridized carbons (Fsp3) is 0.538. The Bertz CT molecular complexity index is 385. The second-order valence-corrected chi connectivity index (χ2v) is 8.30. The van der Waals surface area contributed by atoms with Gasteiger partial charge in [0, 0.05) is 20.0 Å². The Morgan fingerprint density at radius 3 is 2.44 bits per heavy atom. The third-order valence-electron chi connectivity index (χ3n) is 3.50. The monoisotopic (exact) mass is 408 g/mol. The van der Waals surface area contributed by atoms with E-state index in [0.717, 1.165) is 0 Å². The van der Waals surface area contributed by atoms with Crippen molar-refractivity contribution in [3.8, 4) is 0 Å². The van der Waals surface area contributed by atoms with Crippen molar-refractivity contribution in [1.82, 2.24) is 0 Å². The Hall–Kier alpha value is 0.660. The highest BCUT2D eigenvalue weighted by atomic mass is 79.9. The highest BCUT2D eigenvalue weighted by molar-refractivity contribution is 9.10. The van der Waals surface area contributed by atoms with E-state index in [0.29, 0.717) is 21.5 Å². The molecule has 0 radical (unpaired) electrons. The summed E-state index contributed by atoms with van der Waals surface area (Å²) < 4.78 is 1.26. The van der Waals surface area contributed by atoms with Gasteiger partial charge in [0.1, 0.15) is 0 Å². The Morgan fingerprint density at radius 1 is 1.19 bits per heavy atom. The van der Waals surface area contributed by atoms with Crippen molar-refractivity contribution in [2.75, 3.05) is 0 Å². The molecule has 1 aromatic rings. The Morgan fingerprint density at radius 2 is 1.88 bits per heavy atom. The molecule has 0 spiro atoms. The van der Waals surface area contributed by atoms with Gasteiger partial charge in [-0.3, -0.25) is 0 Å². The van der Waals surface area contributed by atoms with E-state index >= 15 is 0 Å². The topological polar surface area (TPSA) is 0 Å². The molecule has 0 saturated carbocycles. The largest absolute Gasteiger partial charge is 0.0890 e. The molecule has 3 heteroatoms. The first kappa shape index (κ1) is 13.1. The van der Waals surface area contributed by atoms with Crippen LogP contribution >= 0.6 is 47.8 Å². The van der Waals surface area contributed by atoms with Gasteiger partial charge >= 0.3 is 0 Å². The second kappa shape index (κ2) is 5.11. The minimum Gasteiger partial charge on any atom is -0.0890 e. The molecule has 0 fully saturated rings. The summed E-state index contributed by atoms with van der Waals surface area (Å²) >= 11 is 11.2. The van der Waals surface area contributed by atoms with Gasteiger partial charge in [0.2, 0.25) is 0 Å². The van der Waals surface area contributed by atoms with Gasteiger partial charge in [-0.25, -0.2) is 0 Å². The SMILES string of the molecule is CC(Br)[C@@H]1Cc2c(Br)cccc2[C@H]1C(C)Br. The Kier molecular flexibility index (Phi) is 4.19. The number of benzene rings is 1. The molecule has 0 aromatic heterocycles. The van der Waals surface area contributed by atoms with Gasteiger partial charge < -0.3 is 0 Å². The molecule has 0 bridgehead atoms. The average molecular weight is 411 g/mol. The summed E-state index contributed by atoms with van der Waals surface area (Å²) in [5.74, 6) is 1.30. The lowest BCUT2D eigenvalue weighted by Gasteiger charge is -2.25. The Balaban J connectivity index is 2.45. The second-order valence-electron chi connectivity index (χ2n) is 4.56. The van der Waals surface area contributed by atoms with E-state index < -0.39 is 0 Å². The van der Waals surface area contributed by atoms with Crippen LogP contribution in [0.15, 0.2) is 22.7 Å². The highest BCUT2D eigenvalue weighted by Crippen LogP contribution is 2.47. The first-order chi connectivity index (χ1) is 7.52. The van der Waals surface area contributed by atoms with Crippen molar-refractivity contribution >= 4 is 47.8 Å². The molecule has 2 unspecified atom stereocenters. The minimum atomic E-state index is 0.521. The van der Waals surface area contributed by atoms with E-state index in [-0.39, 0.29) is 0 Å². The standard InChI is InChI=1S/C13H15Br3/c1-7(14)10-6-11-9(13(10)8(2)15)4-3-5-12(11)16/h3-5,7-8,10,13H,6H2,1-2H3/t7?,8?,10-,13+/m0/s1. The van der Waals surface area contributed by atoms with Crippen molar-refractivity contribution in [2.24, 2.45) is 5.92 Å². The number of fused-ring (bicyclic) bond motifs is 1. The number of hydrogen-bond donors (Lipinski definition) is 0. The lowest BCUT2D eigenvalue weighted by molar-refractivity contribution is 0.457. The molecule has 0 aliphatic heterocycles. The fourth-order valence-electron chi connectivity index (χ4n) is 2.73. The molecule has 1 aliphatic rings. The summed E-state index contributed by atoms with van der Waals surface area (Å²) in [6, 6.07) is 6.57. The zero-order valence-electron chi connectivity index (χ0n) is 9.38. The highest BCUT2D eigenvalue weighted by Gasteiger charge is 2.38. The molecule has 16 heavy (non-hydrogen) atoms. The molecule has 1 aromatic carbocycles. The van der Waals surface area contributed by atoms with E-state index in [1.54, 1.807) is 0 Å². The maximum atomic E-state index is 3.77. The predicted octanol–water partition coefficient (Wildman–Crippen LogP) is 5.27. The van der Waals surface area contributed by atoms with Crippen LogP contribution in [0.5, 0.6) is 0 Å². The van der Waals surface area contributed by atoms with Crippen LogP contribution in [0, 0.1) is 5.92 Å².